The highest BCUT2D eigenvalue weighted by Crippen LogP contribution is 2.33. The standard InChI is InChI=1S/C16H24N2OSi/c1-14-6-8-15(9-7-14)18-12-10-16(17-2,11-13-18)19-20(3,4)5/h6-9H,10-13H2,1,3-5H3. The molecule has 0 bridgehead atoms. The Labute approximate surface area is 123 Å². The van der Waals surface area contributed by atoms with Gasteiger partial charge in [0.25, 0.3) is 0 Å². The molecule has 1 fully saturated rings. The molecule has 0 saturated carbocycles. The topological polar surface area (TPSA) is 16.8 Å². The van der Waals surface area contributed by atoms with Crippen molar-refractivity contribution in [3.63, 3.8) is 0 Å². The molecule has 20 heavy (non-hydrogen) atoms. The zero-order valence-electron chi connectivity index (χ0n) is 12.9. The SMILES string of the molecule is [C-]#[N+]C1(O[Si](C)(C)C)CCN(c2ccc(C)cc2)CC1. The van der Waals surface area contributed by atoms with Crippen molar-refractivity contribution >= 4 is 14.0 Å². The van der Waals surface area contributed by atoms with Crippen LogP contribution in [0.4, 0.5) is 5.69 Å². The Morgan fingerprint density at radius 2 is 1.70 bits per heavy atom. The summed E-state index contributed by atoms with van der Waals surface area (Å²) in [4.78, 5) is 6.20. The van der Waals surface area contributed by atoms with E-state index < -0.39 is 14.0 Å². The maximum atomic E-state index is 7.53. The molecule has 1 heterocycles. The predicted molar refractivity (Wildman–Crippen MR) is 86.4 cm³/mol. The van der Waals surface area contributed by atoms with E-state index in [-0.39, 0.29) is 0 Å². The number of nitrogens with zero attached hydrogens (tertiary/aromatic N) is 2. The average Bonchev–Trinajstić information content (AvgIpc) is 2.39. The monoisotopic (exact) mass is 288 g/mol. The smallest absolute Gasteiger partial charge is 0.331 e. The summed E-state index contributed by atoms with van der Waals surface area (Å²) < 4.78 is 6.18. The van der Waals surface area contributed by atoms with Gasteiger partial charge in [-0.2, -0.15) is 0 Å². The number of anilines is 1. The highest BCUT2D eigenvalue weighted by Gasteiger charge is 2.45. The van der Waals surface area contributed by atoms with E-state index in [1.54, 1.807) is 0 Å². The van der Waals surface area contributed by atoms with Gasteiger partial charge >= 0.3 is 5.72 Å². The van der Waals surface area contributed by atoms with Crippen molar-refractivity contribution in [2.24, 2.45) is 0 Å². The van der Waals surface area contributed by atoms with Gasteiger partial charge < -0.3 is 9.33 Å². The van der Waals surface area contributed by atoms with Crippen LogP contribution in [0.25, 0.3) is 4.85 Å². The molecule has 1 aliphatic heterocycles. The van der Waals surface area contributed by atoms with Crippen molar-refractivity contribution in [3.8, 4) is 0 Å². The van der Waals surface area contributed by atoms with Crippen molar-refractivity contribution in [3.05, 3.63) is 41.2 Å². The Kier molecular flexibility index (Phi) is 4.21. The van der Waals surface area contributed by atoms with Crippen LogP contribution in [0, 0.1) is 13.5 Å². The molecule has 2 rings (SSSR count). The third-order valence-corrected chi connectivity index (χ3v) is 4.64. The van der Waals surface area contributed by atoms with E-state index in [1.807, 2.05) is 0 Å². The average molecular weight is 288 g/mol. The van der Waals surface area contributed by atoms with Gasteiger partial charge in [-0.1, -0.05) is 17.7 Å². The maximum absolute atomic E-state index is 7.53. The second kappa shape index (κ2) is 5.59. The van der Waals surface area contributed by atoms with Crippen LogP contribution < -0.4 is 4.90 Å². The number of hydrogen-bond donors (Lipinski definition) is 0. The first-order chi connectivity index (χ1) is 9.34. The summed E-state index contributed by atoms with van der Waals surface area (Å²) in [5.41, 5.74) is 1.96. The number of aryl methyl sites for hydroxylation is 1. The molecule has 1 aromatic rings. The number of benzene rings is 1. The summed E-state index contributed by atoms with van der Waals surface area (Å²) >= 11 is 0. The van der Waals surface area contributed by atoms with E-state index in [2.05, 4.69) is 60.6 Å². The molecule has 0 atom stereocenters. The number of rotatable bonds is 3. The molecular formula is C16H24N2OSi. The molecule has 4 heteroatoms. The molecule has 0 radical (unpaired) electrons. The molecule has 1 saturated heterocycles. The van der Waals surface area contributed by atoms with Crippen LogP contribution in [0.5, 0.6) is 0 Å². The maximum Gasteiger partial charge on any atom is 0.331 e. The third-order valence-electron chi connectivity index (χ3n) is 3.64. The quantitative estimate of drug-likeness (QED) is 0.616. The third kappa shape index (κ3) is 3.62. The van der Waals surface area contributed by atoms with E-state index in [0.717, 1.165) is 25.9 Å². The lowest BCUT2D eigenvalue weighted by Gasteiger charge is -2.37. The highest BCUT2D eigenvalue weighted by atomic mass is 28.4. The van der Waals surface area contributed by atoms with Gasteiger partial charge in [0.2, 0.25) is 0 Å². The van der Waals surface area contributed by atoms with Gasteiger partial charge in [-0.05, 0) is 38.7 Å². The van der Waals surface area contributed by atoms with Gasteiger partial charge in [-0.25, -0.2) is 6.57 Å². The van der Waals surface area contributed by atoms with Crippen LogP contribution in [0.3, 0.4) is 0 Å². The molecule has 0 spiro atoms. The molecule has 0 aromatic heterocycles. The van der Waals surface area contributed by atoms with E-state index in [0.29, 0.717) is 0 Å². The molecule has 0 aliphatic carbocycles. The Bertz CT molecular complexity index is 491. The van der Waals surface area contributed by atoms with Gasteiger partial charge in [-0.15, -0.1) is 0 Å². The molecule has 108 valence electrons. The first-order valence-electron chi connectivity index (χ1n) is 7.24. The zero-order chi connectivity index (χ0) is 14.8. The van der Waals surface area contributed by atoms with Crippen molar-refractivity contribution in [2.45, 2.75) is 45.1 Å². The van der Waals surface area contributed by atoms with Crippen LogP contribution in [-0.2, 0) is 4.43 Å². The molecule has 1 aliphatic rings. The number of hydrogen-bond acceptors (Lipinski definition) is 2. The Hall–Kier alpha value is -1.31. The Morgan fingerprint density at radius 3 is 2.15 bits per heavy atom. The van der Waals surface area contributed by atoms with E-state index in [1.165, 1.54) is 11.3 Å². The first-order valence-corrected chi connectivity index (χ1v) is 10.6. The van der Waals surface area contributed by atoms with Crippen molar-refractivity contribution in [1.29, 1.82) is 0 Å². The largest absolute Gasteiger partial charge is 0.371 e. The zero-order valence-corrected chi connectivity index (χ0v) is 13.9. The van der Waals surface area contributed by atoms with Crippen molar-refractivity contribution < 1.29 is 4.43 Å². The van der Waals surface area contributed by atoms with Crippen LogP contribution in [0.2, 0.25) is 19.6 Å². The van der Waals surface area contributed by atoms with Crippen molar-refractivity contribution in [1.82, 2.24) is 0 Å². The fraction of sp³-hybridized carbons (Fsp3) is 0.562. The van der Waals surface area contributed by atoms with Gasteiger partial charge in [0.1, 0.15) is 0 Å². The lowest BCUT2D eigenvalue weighted by atomic mass is 10.0. The fourth-order valence-corrected chi connectivity index (χ4v) is 4.07. The van der Waals surface area contributed by atoms with Gasteiger partial charge in [0.15, 0.2) is 8.32 Å². The summed E-state index contributed by atoms with van der Waals surface area (Å²) in [6.07, 6.45) is 1.60. The molecule has 1 aromatic carbocycles. The minimum absolute atomic E-state index is 0.578. The van der Waals surface area contributed by atoms with Gasteiger partial charge in [0, 0.05) is 18.8 Å². The number of piperidine rings is 1. The first kappa shape index (κ1) is 15.1. The summed E-state index contributed by atoms with van der Waals surface area (Å²) in [7, 11) is -1.68. The lowest BCUT2D eigenvalue weighted by molar-refractivity contribution is 0.0813. The molecule has 0 N–H and O–H groups in total. The van der Waals surface area contributed by atoms with Crippen LogP contribution in [-0.4, -0.2) is 27.1 Å². The highest BCUT2D eigenvalue weighted by molar-refractivity contribution is 6.69. The lowest BCUT2D eigenvalue weighted by Crippen LogP contribution is -2.48. The van der Waals surface area contributed by atoms with Crippen LogP contribution in [0.1, 0.15) is 18.4 Å². The normalized spacial score (nSPS) is 18.6. The van der Waals surface area contributed by atoms with Crippen LogP contribution in [0.15, 0.2) is 24.3 Å². The molecular weight excluding hydrogens is 264 g/mol. The summed E-state index contributed by atoms with van der Waals surface area (Å²) in [6.45, 7) is 17.9. The molecule has 0 unspecified atom stereocenters. The summed E-state index contributed by atoms with van der Waals surface area (Å²) in [5.74, 6) is 0. The summed E-state index contributed by atoms with van der Waals surface area (Å²) in [6, 6.07) is 8.62. The van der Waals surface area contributed by atoms with E-state index >= 15 is 0 Å². The van der Waals surface area contributed by atoms with E-state index in [4.69, 9.17) is 11.0 Å². The Balaban J connectivity index is 2.04. The fourth-order valence-electron chi connectivity index (χ4n) is 2.68. The molecule has 0 amide bonds. The van der Waals surface area contributed by atoms with E-state index in [9.17, 15) is 0 Å². The van der Waals surface area contributed by atoms with Crippen molar-refractivity contribution in [2.75, 3.05) is 18.0 Å². The van der Waals surface area contributed by atoms with Gasteiger partial charge in [0.05, 0.1) is 12.8 Å². The van der Waals surface area contributed by atoms with Gasteiger partial charge in [-0.3, -0.25) is 4.85 Å². The second-order valence-electron chi connectivity index (χ2n) is 6.60. The van der Waals surface area contributed by atoms with Crippen LogP contribution >= 0.6 is 0 Å². The minimum atomic E-state index is -1.68. The minimum Gasteiger partial charge on any atom is -0.371 e. The molecule has 3 nitrogen and oxygen atoms in total. The summed E-state index contributed by atoms with van der Waals surface area (Å²) in [5, 5.41) is 0. The Morgan fingerprint density at radius 1 is 1.15 bits per heavy atom. The second-order valence-corrected chi connectivity index (χ2v) is 11.0. The predicted octanol–water partition coefficient (Wildman–Crippen LogP) is 4.06.